The number of hydrogen-bond donors (Lipinski definition) is 1. The van der Waals surface area contributed by atoms with Gasteiger partial charge in [0, 0.05) is 18.7 Å². The third kappa shape index (κ3) is 5.86. The fraction of sp³-hybridized carbons (Fsp3) is 0.435. The van der Waals surface area contributed by atoms with E-state index in [0.717, 1.165) is 37.8 Å². The summed E-state index contributed by atoms with van der Waals surface area (Å²) in [5.74, 6) is -0.475. The third-order valence-corrected chi connectivity index (χ3v) is 7.59. The molecule has 1 atom stereocenters. The lowest BCUT2D eigenvalue weighted by Gasteiger charge is -2.22. The number of nitrogens with zero attached hydrogens (tertiary/aromatic N) is 1. The standard InChI is InChI=1S/C23H27F3N2O4S/c1-16(17-8-7-9-19(14-17)23(24,25)26)27-22(29)18-10-11-20(32-2)21(15-18)33(30,31)28-12-5-3-4-6-13-28/h7-11,14-16H,3-6,12-13H2,1-2H3,(H,27,29). The maximum Gasteiger partial charge on any atom is 0.416 e. The predicted molar refractivity (Wildman–Crippen MR) is 118 cm³/mol. The van der Waals surface area contributed by atoms with Gasteiger partial charge in [0.25, 0.3) is 5.91 Å². The zero-order valence-corrected chi connectivity index (χ0v) is 19.3. The van der Waals surface area contributed by atoms with Crippen LogP contribution in [0.3, 0.4) is 0 Å². The van der Waals surface area contributed by atoms with Gasteiger partial charge in [-0.15, -0.1) is 0 Å². The number of halogens is 3. The van der Waals surface area contributed by atoms with Crippen molar-refractivity contribution in [3.05, 3.63) is 59.2 Å². The van der Waals surface area contributed by atoms with Crippen molar-refractivity contribution in [3.63, 3.8) is 0 Å². The van der Waals surface area contributed by atoms with Crippen LogP contribution in [0.25, 0.3) is 0 Å². The first-order chi connectivity index (χ1) is 15.5. The van der Waals surface area contributed by atoms with E-state index in [-0.39, 0.29) is 21.8 Å². The minimum Gasteiger partial charge on any atom is -0.495 e. The molecule has 33 heavy (non-hydrogen) atoms. The van der Waals surface area contributed by atoms with Crippen LogP contribution in [0.5, 0.6) is 5.75 Å². The van der Waals surface area contributed by atoms with E-state index in [9.17, 15) is 26.4 Å². The number of methoxy groups -OCH3 is 1. The number of sulfonamides is 1. The van der Waals surface area contributed by atoms with Gasteiger partial charge in [-0.1, -0.05) is 25.0 Å². The molecule has 2 aromatic carbocycles. The van der Waals surface area contributed by atoms with Crippen LogP contribution < -0.4 is 10.1 Å². The van der Waals surface area contributed by atoms with Crippen molar-refractivity contribution in [3.8, 4) is 5.75 Å². The summed E-state index contributed by atoms with van der Waals surface area (Å²) in [5.41, 5.74) is -0.455. The van der Waals surface area contributed by atoms with Crippen LogP contribution in [0, 0.1) is 0 Å². The van der Waals surface area contributed by atoms with Crippen molar-refractivity contribution in [1.82, 2.24) is 9.62 Å². The van der Waals surface area contributed by atoms with E-state index in [2.05, 4.69) is 5.32 Å². The molecule has 180 valence electrons. The number of carbonyl (C=O) groups excluding carboxylic acids is 1. The lowest BCUT2D eigenvalue weighted by molar-refractivity contribution is -0.137. The summed E-state index contributed by atoms with van der Waals surface area (Å²) in [4.78, 5) is 12.7. The van der Waals surface area contributed by atoms with E-state index in [1.807, 2.05) is 0 Å². The van der Waals surface area contributed by atoms with Gasteiger partial charge >= 0.3 is 6.18 Å². The van der Waals surface area contributed by atoms with Crippen LogP contribution in [0.4, 0.5) is 13.2 Å². The highest BCUT2D eigenvalue weighted by atomic mass is 32.2. The molecule has 0 aliphatic carbocycles. The van der Waals surface area contributed by atoms with Gasteiger partial charge in [0.2, 0.25) is 10.0 Å². The molecular weight excluding hydrogens is 457 g/mol. The molecule has 1 heterocycles. The van der Waals surface area contributed by atoms with E-state index in [1.54, 1.807) is 6.92 Å². The Morgan fingerprint density at radius 2 is 1.73 bits per heavy atom. The van der Waals surface area contributed by atoms with Crippen molar-refractivity contribution < 1.29 is 31.1 Å². The Kier molecular flexibility index (Phi) is 7.69. The van der Waals surface area contributed by atoms with Crippen LogP contribution in [-0.2, 0) is 16.2 Å². The van der Waals surface area contributed by atoms with Crippen molar-refractivity contribution in [2.75, 3.05) is 20.2 Å². The van der Waals surface area contributed by atoms with Crippen LogP contribution in [0.1, 0.15) is 60.1 Å². The SMILES string of the molecule is COc1ccc(C(=O)NC(C)c2cccc(C(F)(F)F)c2)cc1S(=O)(=O)N1CCCCCC1. The van der Waals surface area contributed by atoms with Gasteiger partial charge in [0.1, 0.15) is 10.6 Å². The highest BCUT2D eigenvalue weighted by Gasteiger charge is 2.31. The van der Waals surface area contributed by atoms with Crippen LogP contribution in [-0.4, -0.2) is 38.8 Å². The first-order valence-corrected chi connectivity index (χ1v) is 12.1. The average molecular weight is 485 g/mol. The molecule has 0 bridgehead atoms. The Bertz CT molecular complexity index is 1100. The zero-order valence-electron chi connectivity index (χ0n) is 18.5. The van der Waals surface area contributed by atoms with Crippen LogP contribution >= 0.6 is 0 Å². The number of benzene rings is 2. The molecule has 10 heteroatoms. The summed E-state index contributed by atoms with van der Waals surface area (Å²) < 4.78 is 72.2. The Morgan fingerprint density at radius 1 is 1.06 bits per heavy atom. The van der Waals surface area contributed by atoms with Gasteiger partial charge in [-0.05, 0) is 55.7 Å². The number of alkyl halides is 3. The molecule has 2 aromatic rings. The summed E-state index contributed by atoms with van der Waals surface area (Å²) in [5, 5.41) is 2.64. The number of hydrogen-bond acceptors (Lipinski definition) is 4. The fourth-order valence-corrected chi connectivity index (χ4v) is 5.49. The minimum absolute atomic E-state index is 0.0722. The quantitative estimate of drug-likeness (QED) is 0.641. The highest BCUT2D eigenvalue weighted by Crippen LogP contribution is 2.32. The predicted octanol–water partition coefficient (Wildman–Crippen LogP) is 4.77. The Labute approximate surface area is 191 Å². The van der Waals surface area contributed by atoms with Gasteiger partial charge in [-0.3, -0.25) is 4.79 Å². The molecule has 1 amide bonds. The molecule has 0 spiro atoms. The van der Waals surface area contributed by atoms with Gasteiger partial charge in [-0.2, -0.15) is 17.5 Å². The first-order valence-electron chi connectivity index (χ1n) is 10.7. The number of rotatable bonds is 6. The summed E-state index contributed by atoms with van der Waals surface area (Å²) in [6.45, 7) is 2.36. The van der Waals surface area contributed by atoms with Gasteiger partial charge in [-0.25, -0.2) is 8.42 Å². The lowest BCUT2D eigenvalue weighted by Crippen LogP contribution is -2.32. The van der Waals surface area contributed by atoms with E-state index < -0.39 is 33.7 Å². The minimum atomic E-state index is -4.49. The second-order valence-corrected chi connectivity index (χ2v) is 9.91. The zero-order chi connectivity index (χ0) is 24.2. The maximum absolute atomic E-state index is 13.3. The second kappa shape index (κ2) is 10.1. The molecule has 1 unspecified atom stereocenters. The lowest BCUT2D eigenvalue weighted by atomic mass is 10.0. The highest BCUT2D eigenvalue weighted by molar-refractivity contribution is 7.89. The fourth-order valence-electron chi connectivity index (χ4n) is 3.79. The van der Waals surface area contributed by atoms with Crippen molar-refractivity contribution >= 4 is 15.9 Å². The number of carbonyl (C=O) groups is 1. The monoisotopic (exact) mass is 484 g/mol. The smallest absolute Gasteiger partial charge is 0.416 e. The molecule has 1 aliphatic heterocycles. The summed E-state index contributed by atoms with van der Waals surface area (Å²) in [6, 6.07) is 8.07. The third-order valence-electron chi connectivity index (χ3n) is 5.67. The molecule has 3 rings (SSSR count). The number of nitrogens with one attached hydrogen (secondary N) is 1. The summed E-state index contributed by atoms with van der Waals surface area (Å²) >= 11 is 0. The molecule has 0 radical (unpaired) electrons. The van der Waals surface area contributed by atoms with Crippen LogP contribution in [0.2, 0.25) is 0 Å². The molecule has 6 nitrogen and oxygen atoms in total. The molecule has 1 N–H and O–H groups in total. The first kappa shape index (κ1) is 25.0. The molecule has 1 aliphatic rings. The van der Waals surface area contributed by atoms with Gasteiger partial charge in [0.05, 0.1) is 18.7 Å². The largest absolute Gasteiger partial charge is 0.495 e. The van der Waals surface area contributed by atoms with Crippen molar-refractivity contribution in [2.45, 2.75) is 49.7 Å². The van der Waals surface area contributed by atoms with Crippen molar-refractivity contribution in [1.29, 1.82) is 0 Å². The van der Waals surface area contributed by atoms with Crippen LogP contribution in [0.15, 0.2) is 47.4 Å². The number of ether oxygens (including phenoxy) is 1. The summed E-state index contributed by atoms with van der Waals surface area (Å²) in [7, 11) is -2.53. The molecular formula is C23H27F3N2O4S. The Morgan fingerprint density at radius 3 is 2.33 bits per heavy atom. The Hall–Kier alpha value is -2.59. The maximum atomic E-state index is 13.3. The summed E-state index contributed by atoms with van der Waals surface area (Å²) in [6.07, 6.45) is -1.06. The second-order valence-electron chi connectivity index (χ2n) is 8.00. The van der Waals surface area contributed by atoms with E-state index in [4.69, 9.17) is 4.74 Å². The van der Waals surface area contributed by atoms with Gasteiger partial charge in [0.15, 0.2) is 0 Å². The van der Waals surface area contributed by atoms with E-state index in [1.165, 1.54) is 41.7 Å². The molecule has 0 saturated carbocycles. The van der Waals surface area contributed by atoms with E-state index >= 15 is 0 Å². The molecule has 1 saturated heterocycles. The van der Waals surface area contributed by atoms with E-state index in [0.29, 0.717) is 13.1 Å². The average Bonchev–Trinajstić information content (AvgIpc) is 3.08. The van der Waals surface area contributed by atoms with Gasteiger partial charge < -0.3 is 10.1 Å². The number of amides is 1. The van der Waals surface area contributed by atoms with Crippen molar-refractivity contribution in [2.24, 2.45) is 0 Å². The normalized spacial score (nSPS) is 16.6. The molecule has 0 aromatic heterocycles. The topological polar surface area (TPSA) is 75.7 Å². The molecule has 1 fully saturated rings. The Balaban J connectivity index is 1.86.